The molecule has 7 nitrogen and oxygen atoms in total. The van der Waals surface area contributed by atoms with Crippen LogP contribution in [0.5, 0.6) is 0 Å². The van der Waals surface area contributed by atoms with E-state index >= 15 is 0 Å². The summed E-state index contributed by atoms with van der Waals surface area (Å²) < 4.78 is 29.6. The highest BCUT2D eigenvalue weighted by Crippen LogP contribution is 2.40. The van der Waals surface area contributed by atoms with E-state index < -0.39 is 23.7 Å². The Kier molecular flexibility index (Phi) is 6.55. The van der Waals surface area contributed by atoms with Crippen LogP contribution in [0.3, 0.4) is 0 Å². The zero-order valence-corrected chi connectivity index (χ0v) is 15.5. The van der Waals surface area contributed by atoms with Crippen LogP contribution >= 0.6 is 0 Å². The Morgan fingerprint density at radius 2 is 1.96 bits per heavy atom. The van der Waals surface area contributed by atoms with Crippen molar-refractivity contribution in [2.45, 2.75) is 19.8 Å². The summed E-state index contributed by atoms with van der Waals surface area (Å²) in [4.78, 5) is 23.9. The molecule has 0 amide bonds. The van der Waals surface area contributed by atoms with E-state index in [1.54, 1.807) is 6.07 Å². The molecule has 0 unspecified atom stereocenters. The summed E-state index contributed by atoms with van der Waals surface area (Å²) in [5.41, 5.74) is 5.99. The lowest BCUT2D eigenvalue weighted by Gasteiger charge is -2.27. The molecule has 0 radical (unpaired) electrons. The Bertz CT molecular complexity index is 927. The van der Waals surface area contributed by atoms with Crippen molar-refractivity contribution in [1.29, 1.82) is 5.26 Å². The molecular weight excluding hydrogens is 367 g/mol. The summed E-state index contributed by atoms with van der Waals surface area (Å²) in [5.74, 6) is -3.33. The minimum absolute atomic E-state index is 0.0416. The van der Waals surface area contributed by atoms with E-state index in [2.05, 4.69) is 6.58 Å². The van der Waals surface area contributed by atoms with Crippen molar-refractivity contribution >= 4 is 11.9 Å². The first-order valence-electron chi connectivity index (χ1n) is 8.30. The first-order chi connectivity index (χ1) is 13.3. The summed E-state index contributed by atoms with van der Waals surface area (Å²) in [6.45, 7) is 5.96. The standard InChI is InChI=1S/C20H19FN2O5/c1-11(2)19(24)26-8-9-27-20(25)17-16(13-6-4-5-7-15(13)21)14(10-22)12(3)28-18(17)23/h4-7,16H,1,8-9,23H2,2-3H3/t16-/m0/s1. The van der Waals surface area contributed by atoms with Crippen LogP contribution in [0.2, 0.25) is 0 Å². The molecule has 28 heavy (non-hydrogen) atoms. The second-order valence-corrected chi connectivity index (χ2v) is 5.97. The van der Waals surface area contributed by atoms with Crippen LogP contribution in [0.15, 0.2) is 59.2 Å². The molecule has 1 atom stereocenters. The van der Waals surface area contributed by atoms with Gasteiger partial charge in [0.2, 0.25) is 5.88 Å². The Hall–Kier alpha value is -3.60. The van der Waals surface area contributed by atoms with Gasteiger partial charge in [-0.3, -0.25) is 0 Å². The van der Waals surface area contributed by atoms with Gasteiger partial charge >= 0.3 is 11.9 Å². The molecule has 8 heteroatoms. The number of carbonyl (C=O) groups is 2. The number of carbonyl (C=O) groups excluding carboxylic acids is 2. The van der Waals surface area contributed by atoms with E-state index in [4.69, 9.17) is 19.9 Å². The Morgan fingerprint density at radius 1 is 1.32 bits per heavy atom. The van der Waals surface area contributed by atoms with E-state index in [-0.39, 0.29) is 47.1 Å². The maximum absolute atomic E-state index is 14.4. The van der Waals surface area contributed by atoms with Crippen molar-refractivity contribution in [2.24, 2.45) is 5.73 Å². The second kappa shape index (κ2) is 8.86. The van der Waals surface area contributed by atoms with Gasteiger partial charge < -0.3 is 19.9 Å². The zero-order chi connectivity index (χ0) is 20.8. The predicted octanol–water partition coefficient (Wildman–Crippen LogP) is 2.57. The van der Waals surface area contributed by atoms with Crippen molar-refractivity contribution in [2.75, 3.05) is 13.2 Å². The van der Waals surface area contributed by atoms with Gasteiger partial charge in [-0.25, -0.2) is 14.0 Å². The molecule has 0 fully saturated rings. The third-order valence-electron chi connectivity index (χ3n) is 3.94. The quantitative estimate of drug-likeness (QED) is 0.454. The van der Waals surface area contributed by atoms with Crippen LogP contribution in [-0.4, -0.2) is 25.2 Å². The lowest BCUT2D eigenvalue weighted by atomic mass is 9.83. The fourth-order valence-electron chi connectivity index (χ4n) is 2.62. The lowest BCUT2D eigenvalue weighted by molar-refractivity contribution is -0.147. The van der Waals surface area contributed by atoms with Crippen molar-refractivity contribution in [1.82, 2.24) is 0 Å². The van der Waals surface area contributed by atoms with Crippen LogP contribution in [0.1, 0.15) is 25.3 Å². The van der Waals surface area contributed by atoms with E-state index in [9.17, 15) is 19.2 Å². The minimum atomic E-state index is -1.08. The Balaban J connectivity index is 2.27. The molecule has 2 N–H and O–H groups in total. The summed E-state index contributed by atoms with van der Waals surface area (Å²) in [7, 11) is 0. The van der Waals surface area contributed by atoms with Crippen molar-refractivity contribution in [3.63, 3.8) is 0 Å². The highest BCUT2D eigenvalue weighted by Gasteiger charge is 2.37. The highest BCUT2D eigenvalue weighted by molar-refractivity contribution is 5.92. The molecule has 0 saturated carbocycles. The molecule has 0 spiro atoms. The molecule has 2 rings (SSSR count). The van der Waals surface area contributed by atoms with Crippen molar-refractivity contribution in [3.05, 3.63) is 70.6 Å². The number of allylic oxidation sites excluding steroid dienone is 2. The number of rotatable bonds is 6. The Labute approximate surface area is 161 Å². The number of benzene rings is 1. The summed E-state index contributed by atoms with van der Waals surface area (Å²) in [6, 6.07) is 7.67. The highest BCUT2D eigenvalue weighted by atomic mass is 19.1. The fraction of sp³-hybridized carbons (Fsp3) is 0.250. The smallest absolute Gasteiger partial charge is 0.340 e. The fourth-order valence-corrected chi connectivity index (χ4v) is 2.62. The van der Waals surface area contributed by atoms with Gasteiger partial charge in [-0.15, -0.1) is 0 Å². The molecule has 1 aromatic rings. The maximum atomic E-state index is 14.4. The molecule has 0 bridgehead atoms. The molecule has 1 aliphatic heterocycles. The number of halogens is 1. The van der Waals surface area contributed by atoms with E-state index in [0.717, 1.165) is 0 Å². The molecule has 0 aromatic heterocycles. The zero-order valence-electron chi connectivity index (χ0n) is 15.5. The summed E-state index contributed by atoms with van der Waals surface area (Å²) >= 11 is 0. The monoisotopic (exact) mass is 386 g/mol. The van der Waals surface area contributed by atoms with Gasteiger partial charge in [0.25, 0.3) is 0 Å². The SMILES string of the molecule is C=C(C)C(=O)OCCOC(=O)C1=C(N)OC(C)=C(C#N)[C@@H]1c1ccccc1F. The number of ether oxygens (including phenoxy) is 3. The number of nitrogens with zero attached hydrogens (tertiary/aromatic N) is 1. The van der Waals surface area contributed by atoms with Gasteiger partial charge in [0.15, 0.2) is 0 Å². The first kappa shape index (κ1) is 20.7. The van der Waals surface area contributed by atoms with E-state index in [0.29, 0.717) is 0 Å². The number of nitrogens with two attached hydrogens (primary N) is 1. The molecule has 146 valence electrons. The van der Waals surface area contributed by atoms with Gasteiger partial charge in [-0.05, 0) is 19.9 Å². The first-order valence-corrected chi connectivity index (χ1v) is 8.30. The maximum Gasteiger partial charge on any atom is 0.340 e. The molecule has 1 aliphatic rings. The van der Waals surface area contributed by atoms with Crippen molar-refractivity contribution < 1.29 is 28.2 Å². The number of esters is 2. The minimum Gasteiger partial charge on any atom is -0.459 e. The van der Waals surface area contributed by atoms with Crippen LogP contribution in [0.25, 0.3) is 0 Å². The van der Waals surface area contributed by atoms with Gasteiger partial charge in [0.1, 0.15) is 30.4 Å². The summed E-state index contributed by atoms with van der Waals surface area (Å²) in [6.07, 6.45) is 0. The summed E-state index contributed by atoms with van der Waals surface area (Å²) in [5, 5.41) is 9.51. The van der Waals surface area contributed by atoms with Crippen molar-refractivity contribution in [3.8, 4) is 6.07 Å². The van der Waals surface area contributed by atoms with Crippen LogP contribution in [0, 0.1) is 17.1 Å². The number of nitriles is 1. The van der Waals surface area contributed by atoms with Gasteiger partial charge in [-0.1, -0.05) is 24.8 Å². The molecule has 1 heterocycles. The van der Waals surface area contributed by atoms with Gasteiger partial charge in [0, 0.05) is 11.1 Å². The molecular formula is C20H19FN2O5. The third kappa shape index (κ3) is 4.38. The van der Waals surface area contributed by atoms with Crippen LogP contribution < -0.4 is 5.73 Å². The van der Waals surface area contributed by atoms with Gasteiger partial charge in [0.05, 0.1) is 17.6 Å². The number of hydrogen-bond donors (Lipinski definition) is 1. The van der Waals surface area contributed by atoms with Gasteiger partial charge in [-0.2, -0.15) is 5.26 Å². The second-order valence-electron chi connectivity index (χ2n) is 5.97. The topological polar surface area (TPSA) is 112 Å². The Morgan fingerprint density at radius 3 is 2.57 bits per heavy atom. The average Bonchev–Trinajstić information content (AvgIpc) is 2.64. The van der Waals surface area contributed by atoms with E-state index in [1.165, 1.54) is 32.0 Å². The normalized spacial score (nSPS) is 16.1. The largest absolute Gasteiger partial charge is 0.459 e. The average molecular weight is 386 g/mol. The molecule has 0 saturated heterocycles. The lowest BCUT2D eigenvalue weighted by Crippen LogP contribution is -2.27. The van der Waals surface area contributed by atoms with E-state index in [1.807, 2.05) is 6.07 Å². The molecule has 1 aromatic carbocycles. The predicted molar refractivity (Wildman–Crippen MR) is 96.5 cm³/mol. The van der Waals surface area contributed by atoms with Crippen LogP contribution in [-0.2, 0) is 23.8 Å². The number of hydrogen-bond acceptors (Lipinski definition) is 7. The van der Waals surface area contributed by atoms with Crippen LogP contribution in [0.4, 0.5) is 4.39 Å². The third-order valence-corrected chi connectivity index (χ3v) is 3.94. The molecule has 0 aliphatic carbocycles.